The maximum Gasteiger partial charge on any atom is 0.159 e. The molecular weight excluding hydrogens is 300 g/mol. The van der Waals surface area contributed by atoms with E-state index < -0.39 is 0 Å². The van der Waals surface area contributed by atoms with Crippen LogP contribution in [-0.4, -0.2) is 17.3 Å². The normalized spacial score (nSPS) is 47.5. The highest BCUT2D eigenvalue weighted by Gasteiger charge is 2.61. The van der Waals surface area contributed by atoms with Crippen molar-refractivity contribution in [3.05, 3.63) is 11.6 Å². The highest BCUT2D eigenvalue weighted by molar-refractivity contribution is 6.05. The molecule has 0 saturated heterocycles. The maximum absolute atomic E-state index is 12.9. The zero-order valence-corrected chi connectivity index (χ0v) is 15.1. The van der Waals surface area contributed by atoms with Crippen LogP contribution in [0.1, 0.15) is 65.7 Å². The van der Waals surface area contributed by atoms with Crippen molar-refractivity contribution >= 4 is 17.3 Å². The molecule has 4 rings (SSSR count). The lowest BCUT2D eigenvalue weighted by atomic mass is 9.46. The van der Waals surface area contributed by atoms with Gasteiger partial charge in [0.1, 0.15) is 5.78 Å². The summed E-state index contributed by atoms with van der Waals surface area (Å²) >= 11 is 0. The van der Waals surface area contributed by atoms with E-state index >= 15 is 0 Å². The smallest absolute Gasteiger partial charge is 0.159 e. The monoisotopic (exact) mass is 328 g/mol. The summed E-state index contributed by atoms with van der Waals surface area (Å²) in [5.74, 6) is 2.21. The Bertz CT molecular complexity index is 660. The van der Waals surface area contributed by atoms with E-state index in [0.29, 0.717) is 36.4 Å². The van der Waals surface area contributed by atoms with Crippen LogP contribution in [0.25, 0.3) is 0 Å². The number of hydrogen-bond acceptors (Lipinski definition) is 3. The molecule has 3 saturated carbocycles. The number of Topliss-reactive ketones (excluding diaryl/α,β-unsaturated/α-hetero) is 2. The van der Waals surface area contributed by atoms with Crippen LogP contribution < -0.4 is 0 Å². The Hall–Kier alpha value is -1.25. The minimum atomic E-state index is -0.121. The Kier molecular flexibility index (Phi) is 3.47. The van der Waals surface area contributed by atoms with Crippen LogP contribution in [-0.2, 0) is 14.4 Å². The zero-order valence-electron chi connectivity index (χ0n) is 15.1. The number of rotatable bonds is 1. The third-order valence-electron chi connectivity index (χ3n) is 8.28. The van der Waals surface area contributed by atoms with Gasteiger partial charge in [-0.2, -0.15) is 0 Å². The second kappa shape index (κ2) is 5.12. The molecule has 0 unspecified atom stereocenters. The van der Waals surface area contributed by atoms with Crippen LogP contribution in [0.4, 0.5) is 0 Å². The molecule has 0 aromatic heterocycles. The third kappa shape index (κ3) is 1.99. The maximum atomic E-state index is 12.9. The number of allylic oxidation sites excluding steroid dienone is 1. The van der Waals surface area contributed by atoms with E-state index in [2.05, 4.69) is 13.8 Å². The molecule has 0 aromatic rings. The van der Waals surface area contributed by atoms with Gasteiger partial charge in [-0.3, -0.25) is 14.4 Å². The molecule has 0 heterocycles. The predicted molar refractivity (Wildman–Crippen MR) is 91.3 cm³/mol. The van der Waals surface area contributed by atoms with E-state index in [1.54, 1.807) is 13.0 Å². The number of carbonyl (C=O) groups is 3. The lowest BCUT2D eigenvalue weighted by Crippen LogP contribution is -2.53. The molecule has 0 amide bonds. The SMILES string of the molecule is CC(=O)[C@@H]1CC[C@@H]2[C@@H]3CC(=O)C4=CC(=O)CC[C@@]4(C)[C@@H]3CC[C@@]21C. The summed E-state index contributed by atoms with van der Waals surface area (Å²) in [7, 11) is 0. The van der Waals surface area contributed by atoms with Gasteiger partial charge in [0.15, 0.2) is 11.6 Å². The molecule has 0 bridgehead atoms. The van der Waals surface area contributed by atoms with Crippen molar-refractivity contribution in [2.75, 3.05) is 0 Å². The van der Waals surface area contributed by atoms with E-state index in [1.165, 1.54) is 0 Å². The fourth-order valence-electron chi connectivity index (χ4n) is 7.05. The fourth-order valence-corrected chi connectivity index (χ4v) is 7.05. The average Bonchev–Trinajstić information content (AvgIpc) is 2.87. The number of carbonyl (C=O) groups excluding carboxylic acids is 3. The van der Waals surface area contributed by atoms with Gasteiger partial charge in [0.05, 0.1) is 0 Å². The van der Waals surface area contributed by atoms with Crippen molar-refractivity contribution in [2.24, 2.45) is 34.5 Å². The summed E-state index contributed by atoms with van der Waals surface area (Å²) in [6.07, 6.45) is 7.91. The molecular formula is C21H28O3. The van der Waals surface area contributed by atoms with Crippen molar-refractivity contribution in [3.63, 3.8) is 0 Å². The molecule has 4 aliphatic rings. The van der Waals surface area contributed by atoms with E-state index in [-0.39, 0.29) is 28.3 Å². The Morgan fingerprint density at radius 1 is 1.08 bits per heavy atom. The molecule has 3 fully saturated rings. The highest BCUT2D eigenvalue weighted by atomic mass is 16.1. The van der Waals surface area contributed by atoms with E-state index in [1.807, 2.05) is 0 Å². The van der Waals surface area contributed by atoms with Gasteiger partial charge < -0.3 is 0 Å². The average molecular weight is 328 g/mol. The van der Waals surface area contributed by atoms with Crippen molar-refractivity contribution in [1.29, 1.82) is 0 Å². The molecule has 130 valence electrons. The van der Waals surface area contributed by atoms with Gasteiger partial charge in [-0.1, -0.05) is 13.8 Å². The predicted octanol–water partition coefficient (Wildman–Crippen LogP) is 3.90. The molecule has 0 spiro atoms. The summed E-state index contributed by atoms with van der Waals surface area (Å²) in [5.41, 5.74) is 0.767. The van der Waals surface area contributed by atoms with Crippen molar-refractivity contribution in [1.82, 2.24) is 0 Å². The van der Waals surface area contributed by atoms with Gasteiger partial charge in [-0.05, 0) is 73.7 Å². The van der Waals surface area contributed by atoms with Crippen LogP contribution in [0, 0.1) is 34.5 Å². The molecule has 24 heavy (non-hydrogen) atoms. The van der Waals surface area contributed by atoms with Gasteiger partial charge in [-0.15, -0.1) is 0 Å². The van der Waals surface area contributed by atoms with Crippen LogP contribution in [0.5, 0.6) is 0 Å². The van der Waals surface area contributed by atoms with Crippen LogP contribution in [0.15, 0.2) is 11.6 Å². The van der Waals surface area contributed by atoms with Crippen LogP contribution in [0.3, 0.4) is 0 Å². The first-order chi connectivity index (χ1) is 11.3. The second-order valence-corrected chi connectivity index (χ2v) is 9.23. The minimum absolute atomic E-state index is 0.0787. The summed E-state index contributed by atoms with van der Waals surface area (Å²) in [6.45, 7) is 6.26. The molecule has 0 N–H and O–H groups in total. The molecule has 4 aliphatic carbocycles. The van der Waals surface area contributed by atoms with E-state index in [9.17, 15) is 14.4 Å². The Morgan fingerprint density at radius 3 is 2.54 bits per heavy atom. The summed E-state index contributed by atoms with van der Waals surface area (Å²) < 4.78 is 0. The second-order valence-electron chi connectivity index (χ2n) is 9.23. The quantitative estimate of drug-likeness (QED) is 0.733. The number of fused-ring (bicyclic) bond motifs is 5. The van der Waals surface area contributed by atoms with Gasteiger partial charge in [-0.25, -0.2) is 0 Å². The Morgan fingerprint density at radius 2 is 1.83 bits per heavy atom. The Labute approximate surface area is 144 Å². The molecule has 6 atom stereocenters. The molecule has 0 aliphatic heterocycles. The molecule has 0 radical (unpaired) electrons. The van der Waals surface area contributed by atoms with Gasteiger partial charge in [0, 0.05) is 24.3 Å². The standard InChI is InChI=1S/C21H28O3/c1-12(22)15-4-5-16-14-11-19(24)18-10-13(23)6-8-21(18,3)17(14)7-9-20(15,16)2/h10,14-17H,4-9,11H2,1-3H3/t14-,15-,16+,17+,20+,21-/m0/s1. The van der Waals surface area contributed by atoms with Crippen LogP contribution in [0.2, 0.25) is 0 Å². The molecule has 3 nitrogen and oxygen atoms in total. The summed E-state index contributed by atoms with van der Waals surface area (Å²) in [6, 6.07) is 0. The molecule has 3 heteroatoms. The number of ketones is 3. The first-order valence-corrected chi connectivity index (χ1v) is 9.56. The van der Waals surface area contributed by atoms with Gasteiger partial charge in [0.2, 0.25) is 0 Å². The van der Waals surface area contributed by atoms with Crippen molar-refractivity contribution in [3.8, 4) is 0 Å². The summed E-state index contributed by atoms with van der Waals surface area (Å²) in [4.78, 5) is 36.9. The van der Waals surface area contributed by atoms with Gasteiger partial charge in [0.25, 0.3) is 0 Å². The lowest BCUT2D eigenvalue weighted by molar-refractivity contribution is -0.134. The largest absolute Gasteiger partial charge is 0.300 e. The summed E-state index contributed by atoms with van der Waals surface area (Å²) in [5, 5.41) is 0. The van der Waals surface area contributed by atoms with Gasteiger partial charge >= 0.3 is 0 Å². The third-order valence-corrected chi connectivity index (χ3v) is 8.28. The van der Waals surface area contributed by atoms with E-state index in [0.717, 1.165) is 37.7 Å². The Balaban J connectivity index is 1.72. The topological polar surface area (TPSA) is 51.2 Å². The number of hydrogen-bond donors (Lipinski definition) is 0. The fraction of sp³-hybridized carbons (Fsp3) is 0.762. The lowest BCUT2D eigenvalue weighted by Gasteiger charge is -2.57. The molecule has 0 aromatic carbocycles. The zero-order chi connectivity index (χ0) is 17.3. The highest BCUT2D eigenvalue weighted by Crippen LogP contribution is 2.66. The van der Waals surface area contributed by atoms with Crippen LogP contribution >= 0.6 is 0 Å². The van der Waals surface area contributed by atoms with Crippen molar-refractivity contribution in [2.45, 2.75) is 65.7 Å². The first-order valence-electron chi connectivity index (χ1n) is 9.56. The first kappa shape index (κ1) is 16.2. The minimum Gasteiger partial charge on any atom is -0.300 e. The van der Waals surface area contributed by atoms with E-state index in [4.69, 9.17) is 0 Å². The van der Waals surface area contributed by atoms with Crippen molar-refractivity contribution < 1.29 is 14.4 Å².